The topological polar surface area (TPSA) is 3.24 Å². The van der Waals surface area contributed by atoms with Crippen LogP contribution in [-0.4, -0.2) is 24.5 Å². The molecule has 5 saturated carbocycles. The van der Waals surface area contributed by atoms with Gasteiger partial charge in [0.1, 0.15) is 0 Å². The first kappa shape index (κ1) is 35.3. The number of fused-ring (bicyclic) bond motifs is 2. The van der Waals surface area contributed by atoms with Gasteiger partial charge in [-0.15, -0.1) is 0 Å². The van der Waals surface area contributed by atoms with Crippen molar-refractivity contribution in [2.75, 3.05) is 19.6 Å². The van der Waals surface area contributed by atoms with Crippen LogP contribution in [0.1, 0.15) is 153 Å². The molecule has 2 unspecified atom stereocenters. The van der Waals surface area contributed by atoms with Crippen molar-refractivity contribution in [3.05, 3.63) is 12.8 Å². The van der Waals surface area contributed by atoms with Gasteiger partial charge in [-0.25, -0.2) is 25.7 Å². The molecule has 2 atom stereocenters. The number of piperidine rings is 2. The van der Waals surface area contributed by atoms with Crippen LogP contribution in [-0.2, 0) is 32.7 Å². The fourth-order valence-electron chi connectivity index (χ4n) is 8.74. The van der Waals surface area contributed by atoms with Crippen molar-refractivity contribution in [2.45, 2.75) is 153 Å². The molecule has 7 fully saturated rings. The Kier molecular flexibility index (Phi) is 13.0. The fraction of sp³-hybridized carbons (Fsp3) is 0.944. The van der Waals surface area contributed by atoms with Crippen molar-refractivity contribution in [3.8, 4) is 0 Å². The van der Waals surface area contributed by atoms with Crippen LogP contribution >= 0.6 is 0 Å². The monoisotopic (exact) mass is 602 g/mol. The zero-order valence-corrected chi connectivity index (χ0v) is 30.6. The van der Waals surface area contributed by atoms with Crippen molar-refractivity contribution < 1.29 is 32.7 Å². The van der Waals surface area contributed by atoms with E-state index in [4.69, 9.17) is 0 Å². The Balaban J connectivity index is 0.000000191. The molecule has 0 spiro atoms. The molecular weight excluding hydrogens is 535 g/mol. The summed E-state index contributed by atoms with van der Waals surface area (Å²) in [6.45, 7) is 27.6. The molecule has 7 aliphatic rings. The van der Waals surface area contributed by atoms with E-state index in [0.717, 1.165) is 23.2 Å². The van der Waals surface area contributed by atoms with Crippen LogP contribution in [0.5, 0.6) is 0 Å². The van der Waals surface area contributed by atoms with E-state index in [-0.39, 0.29) is 32.7 Å². The summed E-state index contributed by atoms with van der Waals surface area (Å²) < 4.78 is 0. The first-order valence-corrected chi connectivity index (χ1v) is 16.4. The van der Waals surface area contributed by atoms with E-state index in [1.54, 1.807) is 32.1 Å². The summed E-state index contributed by atoms with van der Waals surface area (Å²) in [6.07, 6.45) is 23.7. The van der Waals surface area contributed by atoms with E-state index in [1.165, 1.54) is 71.0 Å². The first-order chi connectivity index (χ1) is 17.0. The molecule has 0 aromatic heterocycles. The minimum Gasteiger partial charge on any atom is -0.333 e. The van der Waals surface area contributed by atoms with Gasteiger partial charge in [-0.05, 0) is 116 Å². The Morgan fingerprint density at radius 3 is 1.29 bits per heavy atom. The summed E-state index contributed by atoms with van der Waals surface area (Å²) in [4.78, 5) is 2.68. The van der Waals surface area contributed by atoms with E-state index in [2.05, 4.69) is 87.0 Å². The molecule has 5 aliphatic carbocycles. The van der Waals surface area contributed by atoms with Gasteiger partial charge >= 0.3 is 0 Å². The SMILES string of the molecule is CC(C)(C)C.CC(C)(C)C12CC3CC(C1)C(C3)C2.CC(C)(C)C12CCCN(CCC1)C2.[CH-]1CC[CH-]CC1.[Y]. The summed E-state index contributed by atoms with van der Waals surface area (Å²) in [5.41, 5.74) is 2.97. The quantitative estimate of drug-likeness (QED) is 0.249. The molecule has 0 aromatic rings. The van der Waals surface area contributed by atoms with Crippen molar-refractivity contribution in [2.24, 2.45) is 44.8 Å². The third-order valence-corrected chi connectivity index (χ3v) is 11.0. The van der Waals surface area contributed by atoms with E-state index in [9.17, 15) is 0 Å². The van der Waals surface area contributed by atoms with E-state index < -0.39 is 0 Å². The minimum atomic E-state index is 0. The Labute approximate surface area is 266 Å². The maximum Gasteiger partial charge on any atom is 0.00430 e. The van der Waals surface area contributed by atoms with E-state index in [0.29, 0.717) is 21.7 Å². The van der Waals surface area contributed by atoms with Crippen LogP contribution in [0.4, 0.5) is 0 Å². The second-order valence-corrected chi connectivity index (χ2v) is 17.7. The maximum atomic E-state index is 2.68. The van der Waals surface area contributed by atoms with Crippen LogP contribution in [0.3, 0.4) is 0 Å². The molecular formula is C36H67NY-2. The van der Waals surface area contributed by atoms with E-state index >= 15 is 0 Å². The molecule has 6 bridgehead atoms. The average molecular weight is 603 g/mol. The van der Waals surface area contributed by atoms with Gasteiger partial charge in [0.15, 0.2) is 0 Å². The van der Waals surface area contributed by atoms with Crippen LogP contribution in [0.15, 0.2) is 0 Å². The Morgan fingerprint density at radius 2 is 1.00 bits per heavy atom. The van der Waals surface area contributed by atoms with Gasteiger partial charge in [0, 0.05) is 39.3 Å². The summed E-state index contributed by atoms with van der Waals surface area (Å²) in [5.74, 6) is 3.40. The van der Waals surface area contributed by atoms with Gasteiger partial charge in [-0.3, -0.25) is 0 Å². The predicted molar refractivity (Wildman–Crippen MR) is 164 cm³/mol. The van der Waals surface area contributed by atoms with Crippen LogP contribution in [0.25, 0.3) is 0 Å². The Morgan fingerprint density at radius 1 is 0.605 bits per heavy atom. The van der Waals surface area contributed by atoms with E-state index in [1.807, 2.05) is 0 Å². The summed E-state index contributed by atoms with van der Waals surface area (Å²) in [5, 5.41) is 0. The molecule has 2 saturated heterocycles. The minimum absolute atomic E-state index is 0. The molecule has 1 nitrogen and oxygen atoms in total. The third kappa shape index (κ3) is 9.55. The van der Waals surface area contributed by atoms with Gasteiger partial charge in [-0.2, -0.15) is 0 Å². The molecule has 1 radical (unpaired) electrons. The molecule has 38 heavy (non-hydrogen) atoms. The fourth-order valence-corrected chi connectivity index (χ4v) is 8.74. The molecule has 0 N–H and O–H groups in total. The molecule has 0 aromatic carbocycles. The molecule has 2 heteroatoms. The maximum absolute atomic E-state index is 2.68. The Bertz CT molecular complexity index is 621. The van der Waals surface area contributed by atoms with Gasteiger partial charge in [0.05, 0.1) is 0 Å². The average Bonchev–Trinajstić information content (AvgIpc) is 3.20. The zero-order chi connectivity index (χ0) is 27.5. The van der Waals surface area contributed by atoms with Gasteiger partial charge < -0.3 is 17.7 Å². The van der Waals surface area contributed by atoms with Gasteiger partial charge in [-0.1, -0.05) is 69.2 Å². The van der Waals surface area contributed by atoms with Crippen molar-refractivity contribution in [1.29, 1.82) is 0 Å². The van der Waals surface area contributed by atoms with Crippen LogP contribution in [0.2, 0.25) is 0 Å². The Hall–Kier alpha value is 1.06. The number of hydrogen-bond acceptors (Lipinski definition) is 1. The summed E-state index contributed by atoms with van der Waals surface area (Å²) >= 11 is 0. The normalized spacial score (nSPS) is 37.4. The third-order valence-electron chi connectivity index (χ3n) is 11.0. The predicted octanol–water partition coefficient (Wildman–Crippen LogP) is 10.8. The second kappa shape index (κ2) is 14.0. The second-order valence-electron chi connectivity index (χ2n) is 17.7. The van der Waals surface area contributed by atoms with Gasteiger partial charge in [0.25, 0.3) is 0 Å². The van der Waals surface area contributed by atoms with Gasteiger partial charge in [0.2, 0.25) is 0 Å². The molecule has 7 rings (SSSR count). The zero-order valence-electron chi connectivity index (χ0n) is 27.7. The smallest absolute Gasteiger partial charge is 0.00430 e. The molecule has 2 aliphatic heterocycles. The molecule has 221 valence electrons. The van der Waals surface area contributed by atoms with Crippen molar-refractivity contribution in [3.63, 3.8) is 0 Å². The number of rotatable bonds is 0. The molecule has 2 heterocycles. The summed E-state index contributed by atoms with van der Waals surface area (Å²) in [6, 6.07) is 0. The van der Waals surface area contributed by atoms with Crippen LogP contribution < -0.4 is 0 Å². The largest absolute Gasteiger partial charge is 0.333 e. The summed E-state index contributed by atoms with van der Waals surface area (Å²) in [7, 11) is 0. The number of hydrogen-bond donors (Lipinski definition) is 0. The van der Waals surface area contributed by atoms with Crippen LogP contribution in [0, 0.1) is 57.7 Å². The standard InChI is InChI=1S/C13H22.C12H23N.C6H10.C5H12.Y/c1-12(2,3)13-6-9-4-10(7-13)11(5-9)8-13;1-11(2,3)12-6-4-8-13(10-12)9-5-7-12;1-2-4-6-5-3-1;1-5(2,3)4;/h9-11H,4-8H2,1-3H3;4-10H2,1-3H3;1,6H,2-5H2;1-4H3;/q;;-2;;. The van der Waals surface area contributed by atoms with Crippen molar-refractivity contribution in [1.82, 2.24) is 4.90 Å². The number of nitrogens with zero attached hydrogens (tertiary/aromatic N) is 1. The first-order valence-electron chi connectivity index (χ1n) is 16.4. The van der Waals surface area contributed by atoms with Crippen molar-refractivity contribution >= 4 is 0 Å². The molecule has 0 amide bonds.